The number of carbonyl (C=O) groups excluding carboxylic acids is 1. The van der Waals surface area contributed by atoms with Gasteiger partial charge in [0.1, 0.15) is 0 Å². The van der Waals surface area contributed by atoms with Crippen LogP contribution in [-0.2, 0) is 11.3 Å². The van der Waals surface area contributed by atoms with Crippen LogP contribution in [0.15, 0.2) is 30.5 Å². The highest BCUT2D eigenvalue weighted by molar-refractivity contribution is 5.88. The quantitative estimate of drug-likeness (QED) is 0.841. The topological polar surface area (TPSA) is 45.8 Å². The fraction of sp³-hybridized carbons (Fsp3) is 0.375. The van der Waals surface area contributed by atoms with E-state index in [2.05, 4.69) is 6.07 Å². The molecule has 1 aliphatic carbocycles. The lowest BCUT2D eigenvalue weighted by atomic mass is 10.0. The molecular weight excluding hydrogens is 236 g/mol. The molecule has 1 aromatic carbocycles. The van der Waals surface area contributed by atoms with E-state index in [0.29, 0.717) is 17.9 Å². The van der Waals surface area contributed by atoms with Gasteiger partial charge < -0.3 is 4.57 Å². The first-order valence-electron chi connectivity index (χ1n) is 6.80. The molecule has 3 heteroatoms. The fourth-order valence-electron chi connectivity index (χ4n) is 3.00. The van der Waals surface area contributed by atoms with Crippen LogP contribution in [0.4, 0.5) is 0 Å². The third kappa shape index (κ3) is 2.15. The first-order chi connectivity index (χ1) is 9.29. The van der Waals surface area contributed by atoms with Crippen LogP contribution in [0.5, 0.6) is 0 Å². The van der Waals surface area contributed by atoms with Crippen molar-refractivity contribution in [1.29, 1.82) is 5.26 Å². The number of fused-ring (bicyclic) bond motifs is 1. The zero-order chi connectivity index (χ0) is 13.2. The number of benzene rings is 1. The standard InChI is InChI=1S/C16H16N2O/c17-10-13-6-3-7-15-14(13)8-9-18(15)11-16(19)12-4-1-2-5-12/h3,6-9,12H,1-2,4-5,11H2. The van der Waals surface area contributed by atoms with Crippen molar-refractivity contribution in [1.82, 2.24) is 4.57 Å². The Hall–Kier alpha value is -2.08. The van der Waals surface area contributed by atoms with Gasteiger partial charge in [0.25, 0.3) is 0 Å². The smallest absolute Gasteiger partial charge is 0.155 e. The van der Waals surface area contributed by atoms with Crippen LogP contribution in [0.3, 0.4) is 0 Å². The molecule has 0 aliphatic heterocycles. The Kier molecular flexibility index (Phi) is 3.08. The molecule has 0 radical (unpaired) electrons. The maximum Gasteiger partial charge on any atom is 0.155 e. The van der Waals surface area contributed by atoms with Gasteiger partial charge in [-0.2, -0.15) is 5.26 Å². The van der Waals surface area contributed by atoms with Gasteiger partial charge in [0.2, 0.25) is 0 Å². The number of rotatable bonds is 3. The van der Waals surface area contributed by atoms with Crippen molar-refractivity contribution >= 4 is 16.7 Å². The molecule has 0 saturated heterocycles. The van der Waals surface area contributed by atoms with E-state index in [9.17, 15) is 4.79 Å². The van der Waals surface area contributed by atoms with Crippen LogP contribution in [0, 0.1) is 17.2 Å². The summed E-state index contributed by atoms with van der Waals surface area (Å²) in [4.78, 5) is 12.2. The third-order valence-electron chi connectivity index (χ3n) is 4.07. The predicted molar refractivity (Wildman–Crippen MR) is 73.6 cm³/mol. The summed E-state index contributed by atoms with van der Waals surface area (Å²) in [6, 6.07) is 9.77. The van der Waals surface area contributed by atoms with Crippen molar-refractivity contribution in [3.8, 4) is 6.07 Å². The average Bonchev–Trinajstić information content (AvgIpc) is 3.08. The van der Waals surface area contributed by atoms with Gasteiger partial charge >= 0.3 is 0 Å². The number of Topliss-reactive ketones (excluding diaryl/α,β-unsaturated/α-hetero) is 1. The van der Waals surface area contributed by atoms with Crippen molar-refractivity contribution in [3.05, 3.63) is 36.0 Å². The van der Waals surface area contributed by atoms with Crippen LogP contribution >= 0.6 is 0 Å². The molecule has 0 spiro atoms. The van der Waals surface area contributed by atoms with Crippen LogP contribution < -0.4 is 0 Å². The summed E-state index contributed by atoms with van der Waals surface area (Å²) in [6.07, 6.45) is 6.37. The summed E-state index contributed by atoms with van der Waals surface area (Å²) in [5.41, 5.74) is 1.65. The van der Waals surface area contributed by atoms with Gasteiger partial charge in [-0.3, -0.25) is 4.79 Å². The summed E-state index contributed by atoms with van der Waals surface area (Å²) < 4.78 is 1.97. The minimum atomic E-state index is 0.247. The lowest BCUT2D eigenvalue weighted by Crippen LogP contribution is -2.17. The summed E-state index contributed by atoms with van der Waals surface area (Å²) in [5, 5.41) is 10.0. The Bertz CT molecular complexity index is 657. The van der Waals surface area contributed by atoms with E-state index in [1.165, 1.54) is 12.8 Å². The van der Waals surface area contributed by atoms with Gasteiger partial charge in [0.05, 0.1) is 18.2 Å². The lowest BCUT2D eigenvalue weighted by Gasteiger charge is -2.09. The minimum Gasteiger partial charge on any atom is -0.340 e. The second kappa shape index (κ2) is 4.89. The highest BCUT2D eigenvalue weighted by atomic mass is 16.1. The Morgan fingerprint density at radius 3 is 2.84 bits per heavy atom. The van der Waals surface area contributed by atoms with Crippen LogP contribution in [0.2, 0.25) is 0 Å². The van der Waals surface area contributed by atoms with Gasteiger partial charge in [0.15, 0.2) is 5.78 Å². The highest BCUT2D eigenvalue weighted by Gasteiger charge is 2.22. The second-order valence-electron chi connectivity index (χ2n) is 5.24. The van der Waals surface area contributed by atoms with Crippen LogP contribution in [0.25, 0.3) is 10.9 Å². The largest absolute Gasteiger partial charge is 0.340 e. The summed E-state index contributed by atoms with van der Waals surface area (Å²) in [5.74, 6) is 0.578. The SMILES string of the molecule is N#Cc1cccc2c1ccn2CC(=O)C1CCCC1. The van der Waals surface area contributed by atoms with E-state index in [1.807, 2.05) is 35.0 Å². The zero-order valence-corrected chi connectivity index (χ0v) is 10.8. The van der Waals surface area contributed by atoms with Crippen molar-refractivity contribution < 1.29 is 4.79 Å². The number of nitrogens with zero attached hydrogens (tertiary/aromatic N) is 2. The van der Waals surface area contributed by atoms with Gasteiger partial charge in [0, 0.05) is 23.0 Å². The zero-order valence-electron chi connectivity index (χ0n) is 10.8. The molecule has 0 atom stereocenters. The van der Waals surface area contributed by atoms with E-state index in [0.717, 1.165) is 23.7 Å². The molecular formula is C16H16N2O. The highest BCUT2D eigenvalue weighted by Crippen LogP contribution is 2.27. The molecule has 1 saturated carbocycles. The first-order valence-corrected chi connectivity index (χ1v) is 6.80. The maximum absolute atomic E-state index is 12.2. The molecule has 96 valence electrons. The molecule has 19 heavy (non-hydrogen) atoms. The van der Waals surface area contributed by atoms with Gasteiger partial charge in [-0.15, -0.1) is 0 Å². The number of hydrogen-bond acceptors (Lipinski definition) is 2. The minimum absolute atomic E-state index is 0.247. The number of ketones is 1. The molecule has 1 fully saturated rings. The fourth-order valence-corrected chi connectivity index (χ4v) is 3.00. The number of carbonyl (C=O) groups is 1. The molecule has 3 nitrogen and oxygen atoms in total. The van der Waals surface area contributed by atoms with Gasteiger partial charge in [-0.25, -0.2) is 0 Å². The molecule has 3 rings (SSSR count). The van der Waals surface area contributed by atoms with Crippen LogP contribution in [0.1, 0.15) is 31.2 Å². The molecule has 0 unspecified atom stereocenters. The first kappa shape index (κ1) is 12.0. The Balaban J connectivity index is 1.89. The van der Waals surface area contributed by atoms with Crippen molar-refractivity contribution in [2.24, 2.45) is 5.92 Å². The monoisotopic (exact) mass is 252 g/mol. The molecule has 0 N–H and O–H groups in total. The number of aromatic nitrogens is 1. The van der Waals surface area contributed by atoms with E-state index in [-0.39, 0.29) is 5.92 Å². The summed E-state index contributed by atoms with van der Waals surface area (Å²) in [6.45, 7) is 0.434. The summed E-state index contributed by atoms with van der Waals surface area (Å²) >= 11 is 0. The van der Waals surface area contributed by atoms with E-state index in [4.69, 9.17) is 5.26 Å². The predicted octanol–water partition coefficient (Wildman–Crippen LogP) is 3.27. The number of hydrogen-bond donors (Lipinski definition) is 0. The third-order valence-corrected chi connectivity index (χ3v) is 4.07. The molecule has 0 bridgehead atoms. The van der Waals surface area contributed by atoms with Gasteiger partial charge in [-0.05, 0) is 31.0 Å². The Morgan fingerprint density at radius 1 is 1.32 bits per heavy atom. The number of nitriles is 1. The van der Waals surface area contributed by atoms with Crippen molar-refractivity contribution in [2.45, 2.75) is 32.2 Å². The van der Waals surface area contributed by atoms with Gasteiger partial charge in [-0.1, -0.05) is 18.9 Å². The Morgan fingerprint density at radius 2 is 2.11 bits per heavy atom. The van der Waals surface area contributed by atoms with Crippen LogP contribution in [-0.4, -0.2) is 10.4 Å². The second-order valence-corrected chi connectivity index (χ2v) is 5.24. The molecule has 1 aromatic heterocycles. The lowest BCUT2D eigenvalue weighted by molar-refractivity contribution is -0.123. The normalized spacial score (nSPS) is 15.7. The Labute approximate surface area is 112 Å². The molecule has 1 aliphatic rings. The average molecular weight is 252 g/mol. The van der Waals surface area contributed by atoms with Crippen molar-refractivity contribution in [3.63, 3.8) is 0 Å². The van der Waals surface area contributed by atoms with Crippen molar-refractivity contribution in [2.75, 3.05) is 0 Å². The molecule has 1 heterocycles. The maximum atomic E-state index is 12.2. The van der Waals surface area contributed by atoms with E-state index in [1.54, 1.807) is 0 Å². The molecule has 0 amide bonds. The summed E-state index contributed by atoms with van der Waals surface area (Å²) in [7, 11) is 0. The molecule has 2 aromatic rings. The van der Waals surface area contributed by atoms with E-state index >= 15 is 0 Å². The van der Waals surface area contributed by atoms with E-state index < -0.39 is 0 Å².